The molecule has 0 radical (unpaired) electrons. The Morgan fingerprint density at radius 3 is 2.41 bits per heavy atom. The summed E-state index contributed by atoms with van der Waals surface area (Å²) in [5.74, 6) is 0.613. The summed E-state index contributed by atoms with van der Waals surface area (Å²) in [6.45, 7) is 0.821. The molecule has 0 atom stereocenters. The smallest absolute Gasteiger partial charge is 0.264 e. The average molecular weight is 480 g/mol. The lowest BCUT2D eigenvalue weighted by molar-refractivity contribution is -0.117. The van der Waals surface area contributed by atoms with Gasteiger partial charge in [-0.25, -0.2) is 8.42 Å². The van der Waals surface area contributed by atoms with Crippen LogP contribution in [0.15, 0.2) is 83.8 Å². The maximum absolute atomic E-state index is 13.1. The Kier molecular flexibility index (Phi) is 7.19. The van der Waals surface area contributed by atoms with E-state index in [1.54, 1.807) is 43.5 Å². The highest BCUT2D eigenvalue weighted by Crippen LogP contribution is 2.30. The van der Waals surface area contributed by atoms with Crippen molar-refractivity contribution in [2.24, 2.45) is 0 Å². The van der Waals surface area contributed by atoms with Gasteiger partial charge in [-0.3, -0.25) is 14.0 Å². The predicted molar refractivity (Wildman–Crippen MR) is 134 cm³/mol. The summed E-state index contributed by atoms with van der Waals surface area (Å²) in [5.41, 5.74) is 2.04. The SMILES string of the molecule is COc1ccccc1CN(CC(=O)Nc1cccc(S(=O)(=O)N(C)c2ccccc2)c1)C1CC1. The van der Waals surface area contributed by atoms with Crippen molar-refractivity contribution in [1.29, 1.82) is 0 Å². The first kappa shape index (κ1) is 23.8. The summed E-state index contributed by atoms with van der Waals surface area (Å²) in [6.07, 6.45) is 2.12. The molecule has 8 heteroatoms. The van der Waals surface area contributed by atoms with Gasteiger partial charge in [-0.2, -0.15) is 0 Å². The van der Waals surface area contributed by atoms with Crippen LogP contribution in [0.1, 0.15) is 18.4 Å². The van der Waals surface area contributed by atoms with Crippen LogP contribution >= 0.6 is 0 Å². The summed E-state index contributed by atoms with van der Waals surface area (Å²) < 4.78 is 32.9. The third-order valence-corrected chi connectivity index (χ3v) is 7.65. The van der Waals surface area contributed by atoms with Gasteiger partial charge in [0.25, 0.3) is 10.0 Å². The number of benzene rings is 3. The van der Waals surface area contributed by atoms with Crippen LogP contribution in [0.2, 0.25) is 0 Å². The maximum atomic E-state index is 13.1. The standard InChI is InChI=1S/C26H29N3O4S/c1-28(22-11-4-3-5-12-22)34(31,32)24-13-8-10-21(17-24)27-26(30)19-29(23-15-16-23)18-20-9-6-7-14-25(20)33-2/h3-14,17,23H,15-16,18-19H2,1-2H3,(H,27,30). The number of amides is 1. The summed E-state index contributed by atoms with van der Waals surface area (Å²) in [4.78, 5) is 15.1. The number of ether oxygens (including phenoxy) is 1. The molecule has 3 aromatic carbocycles. The van der Waals surface area contributed by atoms with Crippen LogP contribution in [0, 0.1) is 0 Å². The summed E-state index contributed by atoms with van der Waals surface area (Å²) >= 11 is 0. The van der Waals surface area contributed by atoms with Crippen LogP contribution in [-0.4, -0.2) is 46.0 Å². The largest absolute Gasteiger partial charge is 0.496 e. The molecule has 1 N–H and O–H groups in total. The van der Waals surface area contributed by atoms with E-state index >= 15 is 0 Å². The molecule has 1 aliphatic rings. The molecular weight excluding hydrogens is 450 g/mol. The lowest BCUT2D eigenvalue weighted by Crippen LogP contribution is -2.34. The molecule has 4 rings (SSSR count). The van der Waals surface area contributed by atoms with E-state index in [2.05, 4.69) is 10.2 Å². The van der Waals surface area contributed by atoms with E-state index in [0.29, 0.717) is 24.0 Å². The molecule has 0 spiro atoms. The Hall–Kier alpha value is -3.36. The van der Waals surface area contributed by atoms with Gasteiger partial charge in [-0.1, -0.05) is 42.5 Å². The third kappa shape index (κ3) is 5.58. The van der Waals surface area contributed by atoms with Gasteiger partial charge in [-0.05, 0) is 49.2 Å². The van der Waals surface area contributed by atoms with E-state index in [1.165, 1.54) is 23.5 Å². The lowest BCUT2D eigenvalue weighted by Gasteiger charge is -2.23. The van der Waals surface area contributed by atoms with Gasteiger partial charge in [0.2, 0.25) is 5.91 Å². The monoisotopic (exact) mass is 479 g/mol. The van der Waals surface area contributed by atoms with E-state index in [4.69, 9.17) is 4.74 Å². The van der Waals surface area contributed by atoms with Gasteiger partial charge >= 0.3 is 0 Å². The van der Waals surface area contributed by atoms with Crippen LogP contribution in [0.5, 0.6) is 5.75 Å². The summed E-state index contributed by atoms with van der Waals surface area (Å²) in [5, 5.41) is 2.87. The van der Waals surface area contributed by atoms with E-state index in [1.807, 2.05) is 30.3 Å². The first-order valence-electron chi connectivity index (χ1n) is 11.2. The fourth-order valence-electron chi connectivity index (χ4n) is 3.86. The zero-order chi connectivity index (χ0) is 24.1. The van der Waals surface area contributed by atoms with Crippen molar-refractivity contribution in [2.45, 2.75) is 30.3 Å². The Morgan fingerprint density at radius 2 is 1.71 bits per heavy atom. The lowest BCUT2D eigenvalue weighted by atomic mass is 10.2. The van der Waals surface area contributed by atoms with Gasteiger partial charge in [0.15, 0.2) is 0 Å². The average Bonchev–Trinajstić information content (AvgIpc) is 3.70. The quantitative estimate of drug-likeness (QED) is 0.473. The Morgan fingerprint density at radius 1 is 1.00 bits per heavy atom. The topological polar surface area (TPSA) is 79.0 Å². The minimum atomic E-state index is -3.77. The molecule has 0 aliphatic heterocycles. The number of methoxy groups -OCH3 is 1. The molecule has 3 aromatic rings. The molecule has 1 aliphatic carbocycles. The number of carbonyl (C=O) groups excluding carboxylic acids is 1. The predicted octanol–water partition coefficient (Wildman–Crippen LogP) is 4.12. The fourth-order valence-corrected chi connectivity index (χ4v) is 5.10. The van der Waals surface area contributed by atoms with Gasteiger partial charge in [-0.15, -0.1) is 0 Å². The number of hydrogen-bond donors (Lipinski definition) is 1. The van der Waals surface area contributed by atoms with E-state index in [0.717, 1.165) is 24.2 Å². The minimum absolute atomic E-state index is 0.115. The highest BCUT2D eigenvalue weighted by molar-refractivity contribution is 7.92. The third-order valence-electron chi connectivity index (χ3n) is 5.87. The first-order chi connectivity index (χ1) is 16.4. The van der Waals surface area contributed by atoms with E-state index < -0.39 is 10.0 Å². The molecular formula is C26H29N3O4S. The number of para-hydroxylation sites is 2. The highest BCUT2D eigenvalue weighted by atomic mass is 32.2. The molecule has 0 unspecified atom stereocenters. The molecule has 1 saturated carbocycles. The molecule has 1 fully saturated rings. The molecule has 0 heterocycles. The number of carbonyl (C=O) groups is 1. The molecule has 0 aromatic heterocycles. The second-order valence-electron chi connectivity index (χ2n) is 8.33. The van der Waals surface area contributed by atoms with Crippen LogP contribution in [-0.2, 0) is 21.4 Å². The van der Waals surface area contributed by atoms with Crippen LogP contribution in [0.4, 0.5) is 11.4 Å². The Labute approximate surface area is 201 Å². The van der Waals surface area contributed by atoms with Crippen molar-refractivity contribution in [3.63, 3.8) is 0 Å². The number of sulfonamides is 1. The van der Waals surface area contributed by atoms with Gasteiger partial charge in [0.05, 0.1) is 24.2 Å². The zero-order valence-corrected chi connectivity index (χ0v) is 20.2. The Balaban J connectivity index is 1.45. The Bertz CT molecular complexity index is 1240. The van der Waals surface area contributed by atoms with Gasteiger partial charge in [0, 0.05) is 30.9 Å². The minimum Gasteiger partial charge on any atom is -0.496 e. The van der Waals surface area contributed by atoms with Crippen molar-refractivity contribution in [2.75, 3.05) is 30.3 Å². The van der Waals surface area contributed by atoms with Crippen molar-refractivity contribution >= 4 is 27.3 Å². The number of anilines is 2. The maximum Gasteiger partial charge on any atom is 0.264 e. The summed E-state index contributed by atoms with van der Waals surface area (Å²) in [7, 11) is -0.610. The van der Waals surface area contributed by atoms with Crippen molar-refractivity contribution in [3.05, 3.63) is 84.4 Å². The molecule has 34 heavy (non-hydrogen) atoms. The first-order valence-corrected chi connectivity index (χ1v) is 12.6. The van der Waals surface area contributed by atoms with Gasteiger partial charge in [0.1, 0.15) is 5.75 Å². The molecule has 178 valence electrons. The number of hydrogen-bond acceptors (Lipinski definition) is 5. The van der Waals surface area contributed by atoms with Crippen molar-refractivity contribution < 1.29 is 17.9 Å². The van der Waals surface area contributed by atoms with Crippen LogP contribution < -0.4 is 14.4 Å². The molecule has 1 amide bonds. The van der Waals surface area contributed by atoms with Gasteiger partial charge < -0.3 is 10.1 Å². The number of nitrogens with zero attached hydrogens (tertiary/aromatic N) is 2. The fraction of sp³-hybridized carbons (Fsp3) is 0.269. The van der Waals surface area contributed by atoms with Crippen LogP contribution in [0.25, 0.3) is 0 Å². The number of nitrogens with one attached hydrogen (secondary N) is 1. The normalized spacial score (nSPS) is 13.5. The van der Waals surface area contributed by atoms with Crippen molar-refractivity contribution in [3.8, 4) is 5.75 Å². The highest BCUT2D eigenvalue weighted by Gasteiger charge is 2.31. The van der Waals surface area contributed by atoms with Crippen LogP contribution in [0.3, 0.4) is 0 Å². The van der Waals surface area contributed by atoms with E-state index in [9.17, 15) is 13.2 Å². The molecule has 7 nitrogen and oxygen atoms in total. The molecule has 0 bridgehead atoms. The van der Waals surface area contributed by atoms with E-state index in [-0.39, 0.29) is 17.3 Å². The molecule has 0 saturated heterocycles. The second kappa shape index (κ2) is 10.3. The summed E-state index contributed by atoms with van der Waals surface area (Å²) in [6, 6.07) is 23.4. The zero-order valence-electron chi connectivity index (χ0n) is 19.3. The number of rotatable bonds is 10. The second-order valence-corrected chi connectivity index (χ2v) is 10.3. The van der Waals surface area contributed by atoms with Crippen molar-refractivity contribution in [1.82, 2.24) is 4.90 Å².